The Morgan fingerprint density at radius 1 is 1.14 bits per heavy atom. The van der Waals surface area contributed by atoms with Crippen LogP contribution in [0.5, 0.6) is 17.2 Å². The third-order valence-corrected chi connectivity index (χ3v) is 3.58. The van der Waals surface area contributed by atoms with E-state index in [1.54, 1.807) is 0 Å². The Bertz CT molecular complexity index is 601. The monoisotopic (exact) mass is 305 g/mol. The van der Waals surface area contributed by atoms with Gasteiger partial charge in [0.1, 0.15) is 5.75 Å². The maximum Gasteiger partial charge on any atom is 0.169 e. The van der Waals surface area contributed by atoms with Gasteiger partial charge >= 0.3 is 0 Å². The lowest BCUT2D eigenvalue weighted by Crippen LogP contribution is -2.12. The molecule has 1 N–H and O–H groups in total. The number of para-hydroxylation sites is 2. The average Bonchev–Trinajstić information content (AvgIpc) is 2.49. The van der Waals surface area contributed by atoms with E-state index in [9.17, 15) is 0 Å². The number of rotatable bonds is 6. The Morgan fingerprint density at radius 3 is 2.48 bits per heavy atom. The van der Waals surface area contributed by atoms with Crippen LogP contribution in [0.3, 0.4) is 0 Å². The van der Waals surface area contributed by atoms with Gasteiger partial charge in [-0.1, -0.05) is 29.8 Å². The summed E-state index contributed by atoms with van der Waals surface area (Å²) in [5, 5.41) is 3.86. The summed E-state index contributed by atoms with van der Waals surface area (Å²) in [6.45, 7) is 4.60. The number of hydrogen-bond donors (Lipinski definition) is 1. The first-order valence-corrected chi connectivity index (χ1v) is 7.40. The van der Waals surface area contributed by atoms with Crippen molar-refractivity contribution >= 4 is 11.6 Å². The molecule has 1 atom stereocenters. The van der Waals surface area contributed by atoms with Crippen molar-refractivity contribution in [3.8, 4) is 17.2 Å². The summed E-state index contributed by atoms with van der Waals surface area (Å²) in [6.07, 6.45) is 0. The SMILES string of the molecule is CCOc1ccccc1Oc1ccc(C(C)NC)c(Cl)c1. The van der Waals surface area contributed by atoms with Gasteiger partial charge in [-0.05, 0) is 50.7 Å². The molecule has 0 saturated heterocycles. The highest BCUT2D eigenvalue weighted by Gasteiger charge is 2.10. The van der Waals surface area contributed by atoms with Gasteiger partial charge in [-0.3, -0.25) is 0 Å². The molecule has 0 heterocycles. The van der Waals surface area contributed by atoms with Crippen LogP contribution >= 0.6 is 11.6 Å². The highest BCUT2D eigenvalue weighted by atomic mass is 35.5. The Morgan fingerprint density at radius 2 is 1.86 bits per heavy atom. The second-order valence-corrected chi connectivity index (χ2v) is 5.08. The first-order chi connectivity index (χ1) is 10.2. The van der Waals surface area contributed by atoms with E-state index in [1.807, 2.05) is 56.4 Å². The van der Waals surface area contributed by atoms with E-state index < -0.39 is 0 Å². The Kier molecular flexibility index (Phi) is 5.48. The molecule has 112 valence electrons. The van der Waals surface area contributed by atoms with Gasteiger partial charge in [0.25, 0.3) is 0 Å². The number of ether oxygens (including phenoxy) is 2. The van der Waals surface area contributed by atoms with Crippen molar-refractivity contribution in [3.05, 3.63) is 53.1 Å². The maximum atomic E-state index is 6.32. The van der Waals surface area contributed by atoms with E-state index in [2.05, 4.69) is 12.2 Å². The van der Waals surface area contributed by atoms with Gasteiger partial charge in [0.05, 0.1) is 6.61 Å². The van der Waals surface area contributed by atoms with Crippen LogP contribution in [-0.2, 0) is 0 Å². The lowest BCUT2D eigenvalue weighted by molar-refractivity contribution is 0.321. The zero-order valence-electron chi connectivity index (χ0n) is 12.5. The van der Waals surface area contributed by atoms with Crippen LogP contribution in [0, 0.1) is 0 Å². The molecular formula is C17H20ClNO2. The van der Waals surface area contributed by atoms with E-state index in [4.69, 9.17) is 21.1 Å². The first kappa shape index (κ1) is 15.7. The summed E-state index contributed by atoms with van der Waals surface area (Å²) in [7, 11) is 1.91. The van der Waals surface area contributed by atoms with Crippen LogP contribution in [-0.4, -0.2) is 13.7 Å². The minimum Gasteiger partial charge on any atom is -0.490 e. The zero-order valence-corrected chi connectivity index (χ0v) is 13.3. The van der Waals surface area contributed by atoms with Crippen LogP contribution in [0.15, 0.2) is 42.5 Å². The first-order valence-electron chi connectivity index (χ1n) is 7.02. The van der Waals surface area contributed by atoms with Gasteiger partial charge in [0.15, 0.2) is 11.5 Å². The third kappa shape index (κ3) is 3.90. The van der Waals surface area contributed by atoms with Crippen LogP contribution < -0.4 is 14.8 Å². The fourth-order valence-electron chi connectivity index (χ4n) is 2.01. The second-order valence-electron chi connectivity index (χ2n) is 4.68. The molecule has 0 saturated carbocycles. The van der Waals surface area contributed by atoms with Crippen LogP contribution in [0.2, 0.25) is 5.02 Å². The predicted molar refractivity (Wildman–Crippen MR) is 86.6 cm³/mol. The molecule has 4 heteroatoms. The Labute approximate surface area is 130 Å². The topological polar surface area (TPSA) is 30.5 Å². The third-order valence-electron chi connectivity index (χ3n) is 3.25. The Balaban J connectivity index is 2.23. The molecule has 0 fully saturated rings. The normalized spacial score (nSPS) is 12.0. The molecule has 0 amide bonds. The summed E-state index contributed by atoms with van der Waals surface area (Å²) in [5.41, 5.74) is 1.05. The van der Waals surface area contributed by atoms with Gasteiger partial charge in [0, 0.05) is 11.1 Å². The van der Waals surface area contributed by atoms with Crippen LogP contribution in [0.4, 0.5) is 0 Å². The summed E-state index contributed by atoms with van der Waals surface area (Å²) in [6, 6.07) is 13.5. The molecule has 3 nitrogen and oxygen atoms in total. The standard InChI is InChI=1S/C17H20ClNO2/c1-4-20-16-7-5-6-8-17(16)21-13-9-10-14(12(2)19-3)15(18)11-13/h5-12,19H,4H2,1-3H3. The molecule has 0 spiro atoms. The smallest absolute Gasteiger partial charge is 0.169 e. The fourth-order valence-corrected chi connectivity index (χ4v) is 2.35. The Hall–Kier alpha value is -1.71. The number of hydrogen-bond acceptors (Lipinski definition) is 3. The minimum absolute atomic E-state index is 0.197. The molecule has 0 aliphatic rings. The molecule has 0 aliphatic heterocycles. The van der Waals surface area contributed by atoms with E-state index in [1.165, 1.54) is 0 Å². The van der Waals surface area contributed by atoms with Crippen molar-refractivity contribution in [2.75, 3.05) is 13.7 Å². The number of benzene rings is 2. The summed E-state index contributed by atoms with van der Waals surface area (Å²) in [4.78, 5) is 0. The quantitative estimate of drug-likeness (QED) is 0.830. The van der Waals surface area contributed by atoms with E-state index >= 15 is 0 Å². The molecule has 1 unspecified atom stereocenters. The molecular weight excluding hydrogens is 286 g/mol. The molecule has 2 aromatic carbocycles. The maximum absolute atomic E-state index is 6.32. The molecule has 0 aromatic heterocycles. The molecule has 2 aromatic rings. The predicted octanol–water partition coefficient (Wildman–Crippen LogP) is 4.81. The van der Waals surface area contributed by atoms with Crippen LogP contribution in [0.25, 0.3) is 0 Å². The van der Waals surface area contributed by atoms with E-state index in [0.29, 0.717) is 23.1 Å². The van der Waals surface area contributed by atoms with Crippen molar-refractivity contribution in [3.63, 3.8) is 0 Å². The van der Waals surface area contributed by atoms with E-state index in [-0.39, 0.29) is 6.04 Å². The van der Waals surface area contributed by atoms with Crippen molar-refractivity contribution in [2.24, 2.45) is 0 Å². The summed E-state index contributed by atoms with van der Waals surface area (Å²) < 4.78 is 11.4. The van der Waals surface area contributed by atoms with Gasteiger partial charge in [-0.15, -0.1) is 0 Å². The second kappa shape index (κ2) is 7.34. The fraction of sp³-hybridized carbons (Fsp3) is 0.294. The van der Waals surface area contributed by atoms with Crippen molar-refractivity contribution in [2.45, 2.75) is 19.9 Å². The minimum atomic E-state index is 0.197. The van der Waals surface area contributed by atoms with Gasteiger partial charge < -0.3 is 14.8 Å². The van der Waals surface area contributed by atoms with Crippen molar-refractivity contribution in [1.29, 1.82) is 0 Å². The average molecular weight is 306 g/mol. The largest absolute Gasteiger partial charge is 0.490 e. The highest BCUT2D eigenvalue weighted by Crippen LogP contribution is 2.34. The molecule has 2 rings (SSSR count). The molecule has 21 heavy (non-hydrogen) atoms. The molecule has 0 radical (unpaired) electrons. The van der Waals surface area contributed by atoms with E-state index in [0.717, 1.165) is 11.3 Å². The molecule has 0 bridgehead atoms. The van der Waals surface area contributed by atoms with Gasteiger partial charge in [-0.25, -0.2) is 0 Å². The lowest BCUT2D eigenvalue weighted by atomic mass is 10.1. The summed E-state index contributed by atoms with van der Waals surface area (Å²) in [5.74, 6) is 2.10. The number of nitrogens with one attached hydrogen (secondary N) is 1. The van der Waals surface area contributed by atoms with Crippen LogP contribution in [0.1, 0.15) is 25.5 Å². The summed E-state index contributed by atoms with van der Waals surface area (Å²) >= 11 is 6.32. The van der Waals surface area contributed by atoms with Crippen molar-refractivity contribution in [1.82, 2.24) is 5.32 Å². The molecule has 0 aliphatic carbocycles. The van der Waals surface area contributed by atoms with Crippen molar-refractivity contribution < 1.29 is 9.47 Å². The highest BCUT2D eigenvalue weighted by molar-refractivity contribution is 6.31. The lowest BCUT2D eigenvalue weighted by Gasteiger charge is -2.15. The number of halogens is 1. The van der Waals surface area contributed by atoms with Gasteiger partial charge in [-0.2, -0.15) is 0 Å². The zero-order chi connectivity index (χ0) is 15.2. The van der Waals surface area contributed by atoms with Gasteiger partial charge in [0.2, 0.25) is 0 Å².